The Hall–Kier alpha value is -3.15. The first kappa shape index (κ1) is 24.0. The molecular formula is C28H35N3O3. The van der Waals surface area contributed by atoms with Crippen molar-refractivity contribution in [2.24, 2.45) is 5.92 Å². The standard InChI is InChI=1S/C28H35N3O3/c32-26(23-13-7-4-8-14-23)29-25(21-22-11-5-3-6-12-22)28(34)31-19-15-24(16-20-31)27(33)30-17-9-1-2-10-18-30/h3-8,11-14,24-25H,1-2,9-10,15-21H2,(H,29,32). The van der Waals surface area contributed by atoms with Gasteiger partial charge in [-0.3, -0.25) is 14.4 Å². The van der Waals surface area contributed by atoms with E-state index >= 15 is 0 Å². The topological polar surface area (TPSA) is 69.7 Å². The lowest BCUT2D eigenvalue weighted by molar-refractivity contribution is -0.141. The van der Waals surface area contributed by atoms with E-state index in [0.717, 1.165) is 31.5 Å². The normalized spacial score (nSPS) is 18.1. The molecule has 1 N–H and O–H groups in total. The lowest BCUT2D eigenvalue weighted by Gasteiger charge is -2.35. The predicted octanol–water partition coefficient (Wildman–Crippen LogP) is 3.67. The maximum atomic E-state index is 13.5. The van der Waals surface area contributed by atoms with Gasteiger partial charge in [0.2, 0.25) is 11.8 Å². The SMILES string of the molecule is O=C(NC(Cc1ccccc1)C(=O)N1CCC(C(=O)N2CCCCCC2)CC1)c1ccccc1. The van der Waals surface area contributed by atoms with E-state index in [4.69, 9.17) is 0 Å². The molecule has 4 rings (SSSR count). The number of carbonyl (C=O) groups excluding carboxylic acids is 3. The number of nitrogens with zero attached hydrogens (tertiary/aromatic N) is 2. The van der Waals surface area contributed by atoms with Crippen molar-refractivity contribution < 1.29 is 14.4 Å². The van der Waals surface area contributed by atoms with Crippen LogP contribution in [0.1, 0.15) is 54.4 Å². The molecule has 0 saturated carbocycles. The van der Waals surface area contributed by atoms with Crippen molar-refractivity contribution in [3.63, 3.8) is 0 Å². The van der Waals surface area contributed by atoms with Gasteiger partial charge < -0.3 is 15.1 Å². The molecule has 6 heteroatoms. The molecule has 3 amide bonds. The second kappa shape index (κ2) is 11.8. The molecule has 34 heavy (non-hydrogen) atoms. The number of hydrogen-bond donors (Lipinski definition) is 1. The number of hydrogen-bond acceptors (Lipinski definition) is 3. The second-order valence-electron chi connectivity index (χ2n) is 9.42. The van der Waals surface area contributed by atoms with E-state index in [-0.39, 0.29) is 23.6 Å². The molecule has 2 aromatic rings. The van der Waals surface area contributed by atoms with Crippen LogP contribution >= 0.6 is 0 Å². The first-order valence-electron chi connectivity index (χ1n) is 12.6. The Bertz CT molecular complexity index is 947. The molecule has 6 nitrogen and oxygen atoms in total. The van der Waals surface area contributed by atoms with Crippen LogP contribution in [0.3, 0.4) is 0 Å². The summed E-state index contributed by atoms with van der Waals surface area (Å²) >= 11 is 0. The summed E-state index contributed by atoms with van der Waals surface area (Å²) in [7, 11) is 0. The molecule has 0 aromatic heterocycles. The summed E-state index contributed by atoms with van der Waals surface area (Å²) in [6, 6.07) is 18.1. The summed E-state index contributed by atoms with van der Waals surface area (Å²) in [6.07, 6.45) is 6.39. The fraction of sp³-hybridized carbons (Fsp3) is 0.464. The Morgan fingerprint density at radius 1 is 0.765 bits per heavy atom. The van der Waals surface area contributed by atoms with Crippen molar-refractivity contribution in [1.82, 2.24) is 15.1 Å². The molecule has 2 saturated heterocycles. The van der Waals surface area contributed by atoms with Crippen molar-refractivity contribution >= 4 is 17.7 Å². The highest BCUT2D eigenvalue weighted by atomic mass is 16.2. The Balaban J connectivity index is 1.39. The number of rotatable bonds is 6. The summed E-state index contributed by atoms with van der Waals surface area (Å²) in [4.78, 5) is 43.2. The predicted molar refractivity (Wildman–Crippen MR) is 132 cm³/mol. The van der Waals surface area contributed by atoms with Crippen molar-refractivity contribution in [3.05, 3.63) is 71.8 Å². The Morgan fingerprint density at radius 2 is 1.35 bits per heavy atom. The van der Waals surface area contributed by atoms with Crippen LogP contribution in [0.4, 0.5) is 0 Å². The molecule has 1 atom stereocenters. The number of carbonyl (C=O) groups is 3. The zero-order chi connectivity index (χ0) is 23.8. The fourth-order valence-corrected chi connectivity index (χ4v) is 5.00. The molecule has 2 aromatic carbocycles. The van der Waals surface area contributed by atoms with Gasteiger partial charge in [-0.15, -0.1) is 0 Å². The van der Waals surface area contributed by atoms with Gasteiger partial charge in [0.1, 0.15) is 6.04 Å². The van der Waals surface area contributed by atoms with Crippen molar-refractivity contribution in [2.75, 3.05) is 26.2 Å². The van der Waals surface area contributed by atoms with Crippen LogP contribution < -0.4 is 5.32 Å². The summed E-state index contributed by atoms with van der Waals surface area (Å²) in [5, 5.41) is 2.97. The minimum Gasteiger partial charge on any atom is -0.342 e. The van der Waals surface area contributed by atoms with E-state index in [1.807, 2.05) is 58.3 Å². The van der Waals surface area contributed by atoms with Crippen LogP contribution in [0.2, 0.25) is 0 Å². The Labute approximate surface area is 202 Å². The molecule has 0 radical (unpaired) electrons. The van der Waals surface area contributed by atoms with Gasteiger partial charge in [0.25, 0.3) is 5.91 Å². The number of nitrogens with one attached hydrogen (secondary N) is 1. The number of likely N-dealkylation sites (tertiary alicyclic amines) is 2. The summed E-state index contributed by atoms with van der Waals surface area (Å²) in [6.45, 7) is 2.83. The second-order valence-corrected chi connectivity index (χ2v) is 9.42. The molecule has 2 heterocycles. The van der Waals surface area contributed by atoms with Crippen LogP contribution in [-0.4, -0.2) is 59.7 Å². The third kappa shape index (κ3) is 6.25. The van der Waals surface area contributed by atoms with Gasteiger partial charge in [-0.25, -0.2) is 0 Å². The van der Waals surface area contributed by atoms with Gasteiger partial charge in [0.05, 0.1) is 0 Å². The molecule has 2 aliphatic heterocycles. The quantitative estimate of drug-likeness (QED) is 0.714. The van der Waals surface area contributed by atoms with E-state index in [9.17, 15) is 14.4 Å². The maximum Gasteiger partial charge on any atom is 0.251 e. The van der Waals surface area contributed by atoms with Crippen molar-refractivity contribution in [2.45, 2.75) is 51.0 Å². The minimum absolute atomic E-state index is 0.00590. The molecule has 0 spiro atoms. The van der Waals surface area contributed by atoms with E-state index in [1.54, 1.807) is 12.1 Å². The van der Waals surface area contributed by atoms with Gasteiger partial charge in [0, 0.05) is 44.1 Å². The molecule has 1 unspecified atom stereocenters. The zero-order valence-electron chi connectivity index (χ0n) is 19.8. The Morgan fingerprint density at radius 3 is 1.97 bits per heavy atom. The highest BCUT2D eigenvalue weighted by Gasteiger charge is 2.33. The first-order chi connectivity index (χ1) is 16.6. The molecular weight excluding hydrogens is 426 g/mol. The molecule has 0 bridgehead atoms. The third-order valence-corrected chi connectivity index (χ3v) is 7.00. The average Bonchev–Trinajstić information content (AvgIpc) is 3.18. The van der Waals surface area contributed by atoms with Crippen LogP contribution in [-0.2, 0) is 16.0 Å². The summed E-state index contributed by atoms with van der Waals surface area (Å²) < 4.78 is 0. The fourth-order valence-electron chi connectivity index (χ4n) is 5.00. The van der Waals surface area contributed by atoms with Crippen LogP contribution in [0.25, 0.3) is 0 Å². The summed E-state index contributed by atoms with van der Waals surface area (Å²) in [5.41, 5.74) is 1.54. The number of piperidine rings is 1. The average molecular weight is 462 g/mol. The number of benzene rings is 2. The highest BCUT2D eigenvalue weighted by Crippen LogP contribution is 2.23. The Kier molecular flexibility index (Phi) is 8.34. The first-order valence-corrected chi connectivity index (χ1v) is 12.6. The van der Waals surface area contributed by atoms with Crippen molar-refractivity contribution in [3.8, 4) is 0 Å². The molecule has 2 aliphatic rings. The monoisotopic (exact) mass is 461 g/mol. The smallest absolute Gasteiger partial charge is 0.251 e. The minimum atomic E-state index is -0.645. The highest BCUT2D eigenvalue weighted by molar-refractivity contribution is 5.97. The van der Waals surface area contributed by atoms with E-state index in [0.29, 0.717) is 37.9 Å². The largest absolute Gasteiger partial charge is 0.342 e. The summed E-state index contributed by atoms with van der Waals surface area (Å²) in [5.74, 6) is -0.0734. The van der Waals surface area contributed by atoms with Gasteiger partial charge in [-0.2, -0.15) is 0 Å². The van der Waals surface area contributed by atoms with Crippen LogP contribution in [0, 0.1) is 5.92 Å². The maximum absolute atomic E-state index is 13.5. The van der Waals surface area contributed by atoms with Gasteiger partial charge in [-0.05, 0) is 43.4 Å². The van der Waals surface area contributed by atoms with Crippen molar-refractivity contribution in [1.29, 1.82) is 0 Å². The third-order valence-electron chi connectivity index (χ3n) is 7.00. The van der Waals surface area contributed by atoms with E-state index in [2.05, 4.69) is 5.32 Å². The van der Waals surface area contributed by atoms with Gasteiger partial charge >= 0.3 is 0 Å². The lowest BCUT2D eigenvalue weighted by Crippen LogP contribution is -2.52. The molecule has 0 aliphatic carbocycles. The lowest BCUT2D eigenvalue weighted by atomic mass is 9.94. The van der Waals surface area contributed by atoms with E-state index < -0.39 is 6.04 Å². The van der Waals surface area contributed by atoms with Crippen LogP contribution in [0.5, 0.6) is 0 Å². The van der Waals surface area contributed by atoms with Gasteiger partial charge in [-0.1, -0.05) is 61.4 Å². The zero-order valence-corrected chi connectivity index (χ0v) is 19.8. The molecule has 2 fully saturated rings. The number of amides is 3. The molecule has 180 valence electrons. The van der Waals surface area contributed by atoms with Crippen LogP contribution in [0.15, 0.2) is 60.7 Å². The van der Waals surface area contributed by atoms with Gasteiger partial charge in [0.15, 0.2) is 0 Å². The van der Waals surface area contributed by atoms with E-state index in [1.165, 1.54) is 12.8 Å².